The van der Waals surface area contributed by atoms with Crippen LogP contribution in [0.15, 0.2) is 77.0 Å². The summed E-state index contributed by atoms with van der Waals surface area (Å²) in [6.07, 6.45) is 1.76. The average molecular weight is 527 g/mol. The molecule has 3 heterocycles. The Kier molecular flexibility index (Phi) is 6.31. The minimum atomic E-state index is -0.739. The zero-order valence-corrected chi connectivity index (χ0v) is 22.5. The Hall–Kier alpha value is -3.10. The lowest BCUT2D eigenvalue weighted by atomic mass is 10.1. The number of fused-ring (bicyclic) bond motifs is 1. The quantitative estimate of drug-likeness (QED) is 0.163. The summed E-state index contributed by atoms with van der Waals surface area (Å²) in [6, 6.07) is 23.5. The molecule has 0 N–H and O–H groups in total. The third-order valence-electron chi connectivity index (χ3n) is 6.74. The van der Waals surface area contributed by atoms with Crippen LogP contribution in [0.3, 0.4) is 0 Å². The molecule has 2 aromatic heterocycles. The molecule has 0 bridgehead atoms. The highest BCUT2D eigenvalue weighted by atomic mass is 32.1. The van der Waals surface area contributed by atoms with Crippen molar-refractivity contribution in [1.29, 1.82) is 0 Å². The number of benzene rings is 2. The Morgan fingerprint density at radius 2 is 1.53 bits per heavy atom. The van der Waals surface area contributed by atoms with Gasteiger partial charge < -0.3 is 9.64 Å². The van der Waals surface area contributed by atoms with Gasteiger partial charge in [-0.25, -0.2) is 0 Å². The molecule has 2 aromatic carbocycles. The molecule has 7 heteroatoms. The van der Waals surface area contributed by atoms with Gasteiger partial charge in [0.1, 0.15) is 5.00 Å². The maximum Gasteiger partial charge on any atom is 0.198 e. The van der Waals surface area contributed by atoms with Crippen molar-refractivity contribution >= 4 is 70.7 Å². The minimum absolute atomic E-state index is 0.170. The van der Waals surface area contributed by atoms with Crippen molar-refractivity contribution < 1.29 is 14.3 Å². The number of para-hydroxylation sites is 2. The minimum Gasteiger partial charge on any atom is -0.382 e. The Balaban J connectivity index is 1.43. The second kappa shape index (κ2) is 9.75. The van der Waals surface area contributed by atoms with Gasteiger partial charge >= 0.3 is 0 Å². The van der Waals surface area contributed by atoms with Gasteiger partial charge in [-0.05, 0) is 60.1 Å². The van der Waals surface area contributed by atoms with Crippen LogP contribution in [0.25, 0.3) is 6.08 Å². The Morgan fingerprint density at radius 1 is 0.861 bits per heavy atom. The molecule has 0 spiro atoms. The van der Waals surface area contributed by atoms with Crippen LogP contribution in [0.5, 0.6) is 0 Å². The number of hydrogen-bond acceptors (Lipinski definition) is 6. The predicted molar refractivity (Wildman–Crippen MR) is 151 cm³/mol. The van der Waals surface area contributed by atoms with E-state index < -0.39 is 8.80 Å². The van der Waals surface area contributed by atoms with Crippen molar-refractivity contribution in [1.82, 2.24) is 0 Å². The number of carbonyl (C=O) groups excluding carboxylic acids is 2. The molecular weight excluding hydrogens is 503 g/mol. The van der Waals surface area contributed by atoms with Gasteiger partial charge in [-0.2, -0.15) is 11.3 Å². The fourth-order valence-corrected chi connectivity index (χ4v) is 9.14. The van der Waals surface area contributed by atoms with E-state index in [1.165, 1.54) is 27.8 Å². The van der Waals surface area contributed by atoms with Crippen LogP contribution >= 0.6 is 22.7 Å². The average Bonchev–Trinajstić information content (AvgIpc) is 3.63. The highest BCUT2D eigenvalue weighted by molar-refractivity contribution is 7.17. The van der Waals surface area contributed by atoms with Gasteiger partial charge in [0.05, 0.1) is 14.4 Å². The molecule has 4 nitrogen and oxygen atoms in total. The summed E-state index contributed by atoms with van der Waals surface area (Å²) < 4.78 is 5.66. The molecule has 2 aliphatic rings. The summed E-state index contributed by atoms with van der Waals surface area (Å²) >= 11 is 3.00. The maximum atomic E-state index is 12.8. The lowest BCUT2D eigenvalue weighted by Crippen LogP contribution is -2.38. The summed E-state index contributed by atoms with van der Waals surface area (Å²) in [5.41, 5.74) is 4.85. The fraction of sp³-hybridized carbons (Fsp3) is 0.172. The zero-order chi connectivity index (χ0) is 24.6. The number of thiophene rings is 2. The molecule has 1 aliphatic heterocycles. The van der Waals surface area contributed by atoms with E-state index in [1.807, 2.05) is 6.07 Å². The molecule has 36 heavy (non-hydrogen) atoms. The van der Waals surface area contributed by atoms with Crippen molar-refractivity contribution in [3.63, 3.8) is 0 Å². The van der Waals surface area contributed by atoms with Gasteiger partial charge in [-0.1, -0.05) is 36.4 Å². The molecule has 0 atom stereocenters. The number of aryl methyl sites for hydroxylation is 1. The first kappa shape index (κ1) is 23.3. The van der Waals surface area contributed by atoms with Crippen molar-refractivity contribution in [2.75, 3.05) is 18.1 Å². The van der Waals surface area contributed by atoms with Crippen LogP contribution in [0.1, 0.15) is 31.2 Å². The first-order chi connectivity index (χ1) is 17.6. The van der Waals surface area contributed by atoms with E-state index in [0.29, 0.717) is 11.1 Å². The number of ketones is 2. The van der Waals surface area contributed by atoms with E-state index in [0.717, 1.165) is 40.9 Å². The number of carbonyl (C=O) groups is 2. The molecule has 1 fully saturated rings. The third kappa shape index (κ3) is 4.12. The van der Waals surface area contributed by atoms with Crippen molar-refractivity contribution in [3.8, 4) is 0 Å². The van der Waals surface area contributed by atoms with E-state index >= 15 is 0 Å². The van der Waals surface area contributed by atoms with Gasteiger partial charge in [-0.3, -0.25) is 9.59 Å². The van der Waals surface area contributed by atoms with Crippen molar-refractivity contribution in [2.24, 2.45) is 0 Å². The number of rotatable bonds is 5. The van der Waals surface area contributed by atoms with Crippen LogP contribution in [0, 0.1) is 6.92 Å². The van der Waals surface area contributed by atoms with Gasteiger partial charge in [-0.15, -0.1) is 11.3 Å². The Bertz CT molecular complexity index is 1460. The summed E-state index contributed by atoms with van der Waals surface area (Å²) in [7, 11) is -0.739. The molecule has 1 saturated heterocycles. The van der Waals surface area contributed by atoms with Gasteiger partial charge in [0, 0.05) is 51.4 Å². The Morgan fingerprint density at radius 3 is 2.25 bits per heavy atom. The highest BCUT2D eigenvalue weighted by Gasteiger charge is 2.34. The van der Waals surface area contributed by atoms with Gasteiger partial charge in [0.2, 0.25) is 0 Å². The topological polar surface area (TPSA) is 46.6 Å². The first-order valence-electron chi connectivity index (χ1n) is 12.0. The van der Waals surface area contributed by atoms with Gasteiger partial charge in [0.15, 0.2) is 11.6 Å². The zero-order valence-electron chi connectivity index (χ0n) is 19.8. The van der Waals surface area contributed by atoms with Gasteiger partial charge in [0.25, 0.3) is 0 Å². The Labute approximate surface area is 220 Å². The molecule has 1 aliphatic carbocycles. The monoisotopic (exact) mass is 526 g/mol. The van der Waals surface area contributed by atoms with Crippen LogP contribution in [0.4, 0.5) is 16.4 Å². The number of Topliss-reactive ketones (excluding diaryl/α,β-unsaturated/α-hetero) is 2. The fourth-order valence-electron chi connectivity index (χ4n) is 4.89. The lowest BCUT2D eigenvalue weighted by Gasteiger charge is -2.30. The van der Waals surface area contributed by atoms with E-state index in [4.69, 9.17) is 4.74 Å². The molecule has 6 rings (SSSR count). The SMILES string of the molecule is Cc1ccccc1N(c1ccc(C=C2C(=O)c3cscc3C2=O)s1)c1ccccc1[Si]1CCOCC1. The van der Waals surface area contributed by atoms with Crippen LogP contribution in [-0.4, -0.2) is 33.6 Å². The summed E-state index contributed by atoms with van der Waals surface area (Å²) in [4.78, 5) is 28.9. The number of anilines is 3. The standard InChI is InChI=1S/C29H24NO3S2Si/c1-19-6-2-3-7-24(19)30(25-8-4-5-9-26(25)36-14-12-33-13-15-36)27-11-10-20(35-27)16-21-28(31)22-17-34-18-23(22)29(21)32/h2-11,16-18H,12-15H2,1H3. The number of allylic oxidation sites excluding steroid dienone is 1. The highest BCUT2D eigenvalue weighted by Crippen LogP contribution is 2.41. The first-order valence-corrected chi connectivity index (χ1v) is 15.6. The molecule has 0 saturated carbocycles. The summed E-state index contributed by atoms with van der Waals surface area (Å²) in [5.74, 6) is -0.340. The summed E-state index contributed by atoms with van der Waals surface area (Å²) in [5, 5.41) is 6.02. The van der Waals surface area contributed by atoms with Crippen molar-refractivity contribution in [2.45, 2.75) is 19.0 Å². The van der Waals surface area contributed by atoms with Crippen molar-refractivity contribution in [3.05, 3.63) is 98.6 Å². The van der Waals surface area contributed by atoms with Crippen LogP contribution in [0.2, 0.25) is 12.1 Å². The molecule has 179 valence electrons. The van der Waals surface area contributed by atoms with E-state index in [-0.39, 0.29) is 17.1 Å². The van der Waals surface area contributed by atoms with E-state index in [1.54, 1.807) is 28.2 Å². The number of hydrogen-bond donors (Lipinski definition) is 0. The van der Waals surface area contributed by atoms with Crippen LogP contribution < -0.4 is 10.1 Å². The molecule has 1 radical (unpaired) electrons. The normalized spacial score (nSPS) is 15.9. The maximum absolute atomic E-state index is 12.8. The lowest BCUT2D eigenvalue weighted by molar-refractivity contribution is 0.0990. The smallest absolute Gasteiger partial charge is 0.198 e. The van der Waals surface area contributed by atoms with E-state index in [2.05, 4.69) is 66.4 Å². The van der Waals surface area contributed by atoms with Crippen LogP contribution in [-0.2, 0) is 4.74 Å². The number of ether oxygens (including phenoxy) is 1. The molecular formula is C29H24NO3S2Si. The van der Waals surface area contributed by atoms with E-state index in [9.17, 15) is 9.59 Å². The molecule has 4 aromatic rings. The molecule has 0 amide bonds. The number of nitrogens with zero attached hydrogens (tertiary/aromatic N) is 1. The second-order valence-corrected chi connectivity index (χ2v) is 13.5. The predicted octanol–water partition coefficient (Wildman–Crippen LogP) is 6.78. The molecule has 0 unspecified atom stereocenters. The largest absolute Gasteiger partial charge is 0.382 e. The third-order valence-corrected chi connectivity index (χ3v) is 11.3. The second-order valence-electron chi connectivity index (χ2n) is 8.95. The summed E-state index contributed by atoms with van der Waals surface area (Å²) in [6.45, 7) is 3.80.